The van der Waals surface area contributed by atoms with E-state index in [-0.39, 0.29) is 16.4 Å². The number of carbonyl (C=O) groups is 1. The molecule has 1 N–H and O–H groups in total. The molecule has 0 unspecified atom stereocenters. The molecule has 0 fully saturated rings. The fourth-order valence-corrected chi connectivity index (χ4v) is 0.874. The lowest BCUT2D eigenvalue weighted by Crippen LogP contribution is -1.93. The average Bonchev–Trinajstić information content (AvgIpc) is 2.15. The van der Waals surface area contributed by atoms with Crippen LogP contribution in [-0.4, -0.2) is 23.5 Å². The molecule has 5 heteroatoms. The molecule has 0 aliphatic heterocycles. The third-order valence-electron chi connectivity index (χ3n) is 1.26. The van der Waals surface area contributed by atoms with Crippen LogP contribution in [0.2, 0.25) is 5.15 Å². The summed E-state index contributed by atoms with van der Waals surface area (Å²) in [4.78, 5) is 13.8. The van der Waals surface area contributed by atoms with Gasteiger partial charge >= 0.3 is 0 Å². The number of carbonyl (C=O) groups excluding carboxylic acids is 1. The first-order chi connectivity index (χ1) is 6.15. The monoisotopic (exact) mass is 205 g/mol. The highest BCUT2D eigenvalue weighted by molar-refractivity contribution is 6.31. The van der Waals surface area contributed by atoms with Gasteiger partial charge in [0, 0.05) is 7.11 Å². The smallest absolute Gasteiger partial charge is 0.153 e. The molecule has 1 aromatic rings. The molecule has 0 amide bonds. The summed E-state index contributed by atoms with van der Waals surface area (Å²) in [5.41, 5.74) is 0.273. The van der Waals surface area contributed by atoms with Gasteiger partial charge in [-0.1, -0.05) is 11.6 Å². The van der Waals surface area contributed by atoms with Crippen molar-refractivity contribution in [1.29, 1.82) is 0 Å². The van der Waals surface area contributed by atoms with E-state index < -0.39 is 5.82 Å². The van der Waals surface area contributed by atoms with E-state index in [2.05, 4.69) is 4.98 Å². The van der Waals surface area contributed by atoms with Gasteiger partial charge in [0.25, 0.3) is 0 Å². The number of aliphatic hydroxyl groups excluding tert-OH is 1. The predicted octanol–water partition coefficient (Wildman–Crippen LogP) is 1.60. The largest absolute Gasteiger partial charge is 0.400 e. The molecule has 72 valence electrons. The number of hydrogen-bond donors (Lipinski definition) is 1. The van der Waals surface area contributed by atoms with Crippen molar-refractivity contribution in [1.82, 2.24) is 4.98 Å². The third kappa shape index (κ3) is 3.08. The second-order valence-corrected chi connectivity index (χ2v) is 2.41. The summed E-state index contributed by atoms with van der Waals surface area (Å²) in [5, 5.41) is 7.04. The van der Waals surface area contributed by atoms with Crippen molar-refractivity contribution < 1.29 is 14.3 Å². The van der Waals surface area contributed by atoms with Crippen molar-refractivity contribution in [2.75, 3.05) is 7.11 Å². The molecule has 0 bridgehead atoms. The molecule has 1 aromatic heterocycles. The van der Waals surface area contributed by atoms with E-state index in [1.807, 2.05) is 0 Å². The van der Waals surface area contributed by atoms with Crippen LogP contribution in [0, 0.1) is 12.7 Å². The number of aromatic nitrogens is 1. The minimum absolute atomic E-state index is 0.0406. The van der Waals surface area contributed by atoms with Gasteiger partial charge in [-0.15, -0.1) is 0 Å². The van der Waals surface area contributed by atoms with E-state index in [1.54, 1.807) is 0 Å². The fourth-order valence-electron chi connectivity index (χ4n) is 0.648. The Bertz CT molecular complexity index is 304. The maximum absolute atomic E-state index is 12.7. The first-order valence-electron chi connectivity index (χ1n) is 3.37. The standard InChI is InChI=1S/C7H5ClFNO.CH4O/c1-4-6(9)2-5(3-11)7(8)10-4;1-2/h2-3H,1H3;2H,1H3. The van der Waals surface area contributed by atoms with Crippen molar-refractivity contribution >= 4 is 17.9 Å². The second-order valence-electron chi connectivity index (χ2n) is 2.05. The van der Waals surface area contributed by atoms with E-state index in [1.165, 1.54) is 6.92 Å². The van der Waals surface area contributed by atoms with Gasteiger partial charge in [-0.25, -0.2) is 9.37 Å². The van der Waals surface area contributed by atoms with Gasteiger partial charge < -0.3 is 5.11 Å². The Hall–Kier alpha value is -1.00. The minimum Gasteiger partial charge on any atom is -0.400 e. The highest BCUT2D eigenvalue weighted by atomic mass is 35.5. The SMILES string of the molecule is CO.Cc1nc(Cl)c(C=O)cc1F. The number of aryl methyl sites for hydroxylation is 1. The molecule has 0 saturated carbocycles. The van der Waals surface area contributed by atoms with Gasteiger partial charge in [0.15, 0.2) is 6.29 Å². The first-order valence-corrected chi connectivity index (χ1v) is 3.75. The normalized spacial score (nSPS) is 8.69. The Morgan fingerprint density at radius 1 is 1.62 bits per heavy atom. The maximum Gasteiger partial charge on any atom is 0.153 e. The summed E-state index contributed by atoms with van der Waals surface area (Å²) < 4.78 is 12.7. The van der Waals surface area contributed by atoms with Crippen LogP contribution in [-0.2, 0) is 0 Å². The quantitative estimate of drug-likeness (QED) is 0.560. The highest BCUT2D eigenvalue weighted by Gasteiger charge is 2.05. The lowest BCUT2D eigenvalue weighted by atomic mass is 10.3. The van der Waals surface area contributed by atoms with Crippen molar-refractivity contribution in [2.45, 2.75) is 6.92 Å². The molecule has 3 nitrogen and oxygen atoms in total. The van der Waals surface area contributed by atoms with Crippen molar-refractivity contribution in [3.05, 3.63) is 28.3 Å². The zero-order valence-electron chi connectivity index (χ0n) is 7.21. The van der Waals surface area contributed by atoms with Crippen LogP contribution in [0.3, 0.4) is 0 Å². The van der Waals surface area contributed by atoms with Gasteiger partial charge in [0.1, 0.15) is 11.0 Å². The van der Waals surface area contributed by atoms with Gasteiger partial charge in [0.2, 0.25) is 0 Å². The van der Waals surface area contributed by atoms with Crippen LogP contribution in [0.15, 0.2) is 6.07 Å². The number of aliphatic hydroxyl groups is 1. The lowest BCUT2D eigenvalue weighted by Gasteiger charge is -1.97. The molecular weight excluding hydrogens is 197 g/mol. The molecule has 1 rings (SSSR count). The highest BCUT2D eigenvalue weighted by Crippen LogP contribution is 2.14. The summed E-state index contributed by atoms with van der Waals surface area (Å²) in [5.74, 6) is -0.517. The Kier molecular flexibility index (Phi) is 5.18. The molecule has 0 aliphatic carbocycles. The molecule has 1 heterocycles. The van der Waals surface area contributed by atoms with Crippen LogP contribution >= 0.6 is 11.6 Å². The average molecular weight is 206 g/mol. The molecule has 0 radical (unpaired) electrons. The number of rotatable bonds is 1. The molecule has 0 aliphatic rings. The van der Waals surface area contributed by atoms with Crippen LogP contribution in [0.1, 0.15) is 16.1 Å². The van der Waals surface area contributed by atoms with Crippen LogP contribution < -0.4 is 0 Å². The summed E-state index contributed by atoms with van der Waals surface area (Å²) >= 11 is 5.49. The van der Waals surface area contributed by atoms with Gasteiger partial charge in [0.05, 0.1) is 11.3 Å². The second kappa shape index (κ2) is 5.61. The molecule has 13 heavy (non-hydrogen) atoms. The van der Waals surface area contributed by atoms with Crippen molar-refractivity contribution in [3.8, 4) is 0 Å². The first kappa shape index (κ1) is 12.0. The molecule has 0 spiro atoms. The van der Waals surface area contributed by atoms with Crippen molar-refractivity contribution in [3.63, 3.8) is 0 Å². The van der Waals surface area contributed by atoms with E-state index in [4.69, 9.17) is 16.7 Å². The summed E-state index contributed by atoms with van der Waals surface area (Å²) in [6, 6.07) is 1.07. The predicted molar refractivity (Wildman–Crippen MR) is 47.5 cm³/mol. The summed E-state index contributed by atoms with van der Waals surface area (Å²) in [6.07, 6.45) is 0.470. The van der Waals surface area contributed by atoms with Crippen LogP contribution in [0.4, 0.5) is 4.39 Å². The van der Waals surface area contributed by atoms with Crippen molar-refractivity contribution in [2.24, 2.45) is 0 Å². The fraction of sp³-hybridized carbons (Fsp3) is 0.250. The third-order valence-corrected chi connectivity index (χ3v) is 1.56. The topological polar surface area (TPSA) is 50.2 Å². The molecule has 0 atom stereocenters. The Labute approximate surface area is 80.2 Å². The van der Waals surface area contributed by atoms with E-state index in [9.17, 15) is 9.18 Å². The number of pyridine rings is 1. The number of halogens is 2. The van der Waals surface area contributed by atoms with Crippen LogP contribution in [0.5, 0.6) is 0 Å². The number of aldehydes is 1. The van der Waals surface area contributed by atoms with Gasteiger partial charge in [-0.2, -0.15) is 0 Å². The number of nitrogens with zero attached hydrogens (tertiary/aromatic N) is 1. The zero-order chi connectivity index (χ0) is 10.4. The Balaban J connectivity index is 0.000000671. The lowest BCUT2D eigenvalue weighted by molar-refractivity contribution is 0.112. The minimum atomic E-state index is -0.517. The Morgan fingerprint density at radius 3 is 2.62 bits per heavy atom. The van der Waals surface area contributed by atoms with Gasteiger partial charge in [-0.3, -0.25) is 4.79 Å². The Morgan fingerprint density at radius 2 is 2.15 bits per heavy atom. The molecule has 0 aromatic carbocycles. The summed E-state index contributed by atoms with van der Waals surface area (Å²) in [6.45, 7) is 1.48. The molecule has 0 saturated heterocycles. The van der Waals surface area contributed by atoms with E-state index in [0.29, 0.717) is 6.29 Å². The van der Waals surface area contributed by atoms with E-state index in [0.717, 1.165) is 13.2 Å². The zero-order valence-corrected chi connectivity index (χ0v) is 7.97. The molecular formula is C8H9ClFNO2. The van der Waals surface area contributed by atoms with E-state index >= 15 is 0 Å². The van der Waals surface area contributed by atoms with Crippen LogP contribution in [0.25, 0.3) is 0 Å². The summed E-state index contributed by atoms with van der Waals surface area (Å²) in [7, 11) is 1.00. The number of hydrogen-bond acceptors (Lipinski definition) is 3. The maximum atomic E-state index is 12.7. The van der Waals surface area contributed by atoms with Gasteiger partial charge in [-0.05, 0) is 13.0 Å².